The van der Waals surface area contributed by atoms with Crippen molar-refractivity contribution < 1.29 is 24.0 Å². The number of anilines is 1. The average Bonchev–Trinajstić information content (AvgIpc) is 3.07. The molecule has 1 aliphatic heterocycles. The summed E-state index contributed by atoms with van der Waals surface area (Å²) in [4.78, 5) is 48.8. The van der Waals surface area contributed by atoms with Gasteiger partial charge in [0.25, 0.3) is 17.5 Å². The van der Waals surface area contributed by atoms with E-state index in [9.17, 15) is 24.5 Å². The summed E-state index contributed by atoms with van der Waals surface area (Å²) >= 11 is 0. The third-order valence-electron chi connectivity index (χ3n) is 4.81. The molecule has 0 spiro atoms. The Kier molecular flexibility index (Phi) is 6.10. The molecule has 1 N–H and O–H groups in total. The van der Waals surface area contributed by atoms with Crippen molar-refractivity contribution in [3.8, 4) is 0 Å². The van der Waals surface area contributed by atoms with Crippen LogP contribution in [0.5, 0.6) is 0 Å². The fourth-order valence-electron chi connectivity index (χ4n) is 3.40. The number of nitro groups is 1. The molecule has 9 nitrogen and oxygen atoms in total. The first kappa shape index (κ1) is 21.0. The molecule has 2 amide bonds. The third-order valence-corrected chi connectivity index (χ3v) is 4.81. The van der Waals surface area contributed by atoms with Crippen molar-refractivity contribution in [2.45, 2.75) is 32.4 Å². The first-order valence-corrected chi connectivity index (χ1v) is 9.41. The Morgan fingerprint density at radius 1 is 1.23 bits per heavy atom. The summed E-state index contributed by atoms with van der Waals surface area (Å²) in [6.07, 6.45) is -0.303. The van der Waals surface area contributed by atoms with Gasteiger partial charge in [0.05, 0.1) is 4.92 Å². The highest BCUT2D eigenvalue weighted by Crippen LogP contribution is 2.32. The van der Waals surface area contributed by atoms with Crippen molar-refractivity contribution in [3.05, 3.63) is 69.8 Å². The largest absolute Gasteiger partial charge is 0.451 e. The second-order valence-electron chi connectivity index (χ2n) is 7.01. The SMILES string of the molecule is C[C@@H](OC(=O)CNC(=O)c1cccc([N+](=O)[O-])c1)C(=O)N1c2ccccc2C[C@@H]1C. The molecule has 0 bridgehead atoms. The number of rotatable bonds is 6. The molecule has 30 heavy (non-hydrogen) atoms. The number of carbonyl (C=O) groups excluding carboxylic acids is 3. The van der Waals surface area contributed by atoms with Crippen LogP contribution in [0.3, 0.4) is 0 Å². The molecular formula is C21H21N3O6. The van der Waals surface area contributed by atoms with E-state index in [1.54, 1.807) is 4.90 Å². The Morgan fingerprint density at radius 2 is 1.97 bits per heavy atom. The molecule has 0 aliphatic carbocycles. The highest BCUT2D eigenvalue weighted by molar-refractivity contribution is 6.00. The van der Waals surface area contributed by atoms with E-state index in [2.05, 4.69) is 5.32 Å². The van der Waals surface area contributed by atoms with Gasteiger partial charge in [0, 0.05) is 29.4 Å². The van der Waals surface area contributed by atoms with E-state index in [-0.39, 0.29) is 23.2 Å². The molecule has 0 unspecified atom stereocenters. The topological polar surface area (TPSA) is 119 Å². The minimum absolute atomic E-state index is 0.0450. The molecule has 2 aromatic rings. The normalized spacial score (nSPS) is 15.8. The smallest absolute Gasteiger partial charge is 0.326 e. The number of ether oxygens (including phenoxy) is 1. The predicted octanol–water partition coefficient (Wildman–Crippen LogP) is 2.23. The third kappa shape index (κ3) is 4.45. The van der Waals surface area contributed by atoms with Crippen LogP contribution in [-0.2, 0) is 20.7 Å². The van der Waals surface area contributed by atoms with E-state index in [1.165, 1.54) is 25.1 Å². The van der Waals surface area contributed by atoms with E-state index in [1.807, 2.05) is 31.2 Å². The molecule has 1 heterocycles. The zero-order valence-electron chi connectivity index (χ0n) is 16.5. The standard InChI is InChI=1S/C21H21N3O6/c1-13-10-15-6-3-4-9-18(15)23(13)21(27)14(2)30-19(25)12-22-20(26)16-7-5-8-17(11-16)24(28)29/h3-9,11,13-14H,10,12H2,1-2H3,(H,22,26)/t13-,14+/m0/s1. The number of amides is 2. The highest BCUT2D eigenvalue weighted by atomic mass is 16.6. The van der Waals surface area contributed by atoms with Gasteiger partial charge >= 0.3 is 5.97 Å². The summed E-state index contributed by atoms with van der Waals surface area (Å²) in [6.45, 7) is 2.94. The molecule has 2 atom stereocenters. The first-order valence-electron chi connectivity index (χ1n) is 9.41. The van der Waals surface area contributed by atoms with Crippen LogP contribution >= 0.6 is 0 Å². The van der Waals surface area contributed by atoms with E-state index < -0.39 is 29.4 Å². The van der Waals surface area contributed by atoms with Gasteiger partial charge in [-0.05, 0) is 38.0 Å². The first-order chi connectivity index (χ1) is 14.3. The zero-order chi connectivity index (χ0) is 21.8. The fraction of sp³-hybridized carbons (Fsp3) is 0.286. The van der Waals surface area contributed by atoms with E-state index >= 15 is 0 Å². The van der Waals surface area contributed by atoms with Crippen molar-refractivity contribution in [1.29, 1.82) is 0 Å². The number of nitrogens with zero attached hydrogens (tertiary/aromatic N) is 2. The number of carbonyl (C=O) groups is 3. The van der Waals surface area contributed by atoms with E-state index in [0.29, 0.717) is 0 Å². The lowest BCUT2D eigenvalue weighted by atomic mass is 10.1. The van der Waals surface area contributed by atoms with Crippen molar-refractivity contribution in [3.63, 3.8) is 0 Å². The number of esters is 1. The number of nitro benzene ring substituents is 1. The van der Waals surface area contributed by atoms with Gasteiger partial charge in [0.15, 0.2) is 6.10 Å². The fourth-order valence-corrected chi connectivity index (χ4v) is 3.40. The van der Waals surface area contributed by atoms with Gasteiger partial charge in [0.1, 0.15) is 6.54 Å². The predicted molar refractivity (Wildman–Crippen MR) is 108 cm³/mol. The lowest BCUT2D eigenvalue weighted by Gasteiger charge is -2.25. The molecule has 0 saturated carbocycles. The maximum absolute atomic E-state index is 12.8. The van der Waals surface area contributed by atoms with Gasteiger partial charge in [-0.3, -0.25) is 24.5 Å². The summed E-state index contributed by atoms with van der Waals surface area (Å²) in [5, 5.41) is 13.1. The number of hydrogen-bond donors (Lipinski definition) is 1. The molecule has 9 heteroatoms. The van der Waals surface area contributed by atoms with E-state index in [4.69, 9.17) is 4.74 Å². The lowest BCUT2D eigenvalue weighted by Crippen LogP contribution is -2.44. The Morgan fingerprint density at radius 3 is 2.70 bits per heavy atom. The number of benzene rings is 2. The molecule has 3 rings (SSSR count). The molecule has 2 aromatic carbocycles. The summed E-state index contributed by atoms with van der Waals surface area (Å²) in [5.74, 6) is -1.78. The van der Waals surface area contributed by atoms with Gasteiger partial charge in [-0.25, -0.2) is 0 Å². The van der Waals surface area contributed by atoms with Gasteiger partial charge in [-0.2, -0.15) is 0 Å². The van der Waals surface area contributed by atoms with Crippen LogP contribution in [0.1, 0.15) is 29.8 Å². The van der Waals surface area contributed by atoms with E-state index in [0.717, 1.165) is 23.7 Å². The summed E-state index contributed by atoms with van der Waals surface area (Å²) in [5.41, 5.74) is 1.67. The Labute approximate surface area is 172 Å². The summed E-state index contributed by atoms with van der Waals surface area (Å²) in [7, 11) is 0. The molecule has 0 radical (unpaired) electrons. The molecule has 0 aromatic heterocycles. The van der Waals surface area contributed by atoms with Crippen LogP contribution in [0.15, 0.2) is 48.5 Å². The Hall–Kier alpha value is -3.75. The van der Waals surface area contributed by atoms with Crippen LogP contribution in [-0.4, -0.2) is 41.4 Å². The lowest BCUT2D eigenvalue weighted by molar-refractivity contribution is -0.384. The maximum Gasteiger partial charge on any atom is 0.326 e. The van der Waals surface area contributed by atoms with Gasteiger partial charge < -0.3 is 15.0 Å². The quantitative estimate of drug-likeness (QED) is 0.442. The van der Waals surface area contributed by atoms with Crippen LogP contribution < -0.4 is 10.2 Å². The van der Waals surface area contributed by atoms with Crippen molar-refractivity contribution in [2.24, 2.45) is 0 Å². The minimum Gasteiger partial charge on any atom is -0.451 e. The van der Waals surface area contributed by atoms with Crippen molar-refractivity contribution in [1.82, 2.24) is 5.32 Å². The monoisotopic (exact) mass is 411 g/mol. The number of para-hydroxylation sites is 1. The maximum atomic E-state index is 12.8. The number of fused-ring (bicyclic) bond motifs is 1. The van der Waals surface area contributed by atoms with Crippen LogP contribution in [0.25, 0.3) is 0 Å². The molecule has 156 valence electrons. The molecular weight excluding hydrogens is 390 g/mol. The number of hydrogen-bond acceptors (Lipinski definition) is 6. The highest BCUT2D eigenvalue weighted by Gasteiger charge is 2.34. The Balaban J connectivity index is 1.56. The van der Waals surface area contributed by atoms with Gasteiger partial charge in [-0.1, -0.05) is 24.3 Å². The van der Waals surface area contributed by atoms with Crippen LogP contribution in [0.4, 0.5) is 11.4 Å². The summed E-state index contributed by atoms with van der Waals surface area (Å²) in [6, 6.07) is 12.7. The number of non-ortho nitro benzene ring substituents is 1. The zero-order valence-corrected chi connectivity index (χ0v) is 16.5. The van der Waals surface area contributed by atoms with Crippen molar-refractivity contribution >= 4 is 29.2 Å². The minimum atomic E-state index is -1.03. The van der Waals surface area contributed by atoms with Crippen LogP contribution in [0.2, 0.25) is 0 Å². The molecule has 0 saturated heterocycles. The van der Waals surface area contributed by atoms with Gasteiger partial charge in [0.2, 0.25) is 0 Å². The van der Waals surface area contributed by atoms with Crippen molar-refractivity contribution in [2.75, 3.05) is 11.4 Å². The van der Waals surface area contributed by atoms with Crippen LogP contribution in [0, 0.1) is 10.1 Å². The molecule has 1 aliphatic rings. The summed E-state index contributed by atoms with van der Waals surface area (Å²) < 4.78 is 5.18. The number of nitrogens with one attached hydrogen (secondary N) is 1. The van der Waals surface area contributed by atoms with Gasteiger partial charge in [-0.15, -0.1) is 0 Å². The second kappa shape index (κ2) is 8.73. The average molecular weight is 411 g/mol. The second-order valence-corrected chi connectivity index (χ2v) is 7.01. The Bertz CT molecular complexity index is 1010. The molecule has 0 fully saturated rings.